The number of aromatic nitrogens is 3. The number of amides is 2. The summed E-state index contributed by atoms with van der Waals surface area (Å²) in [5, 5.41) is 6.95. The Labute approximate surface area is 154 Å². The minimum Gasteiger partial charge on any atom is -0.339 e. The van der Waals surface area contributed by atoms with Crippen molar-refractivity contribution in [2.45, 2.75) is 19.3 Å². The molecule has 8 heteroatoms. The summed E-state index contributed by atoms with van der Waals surface area (Å²) in [5.41, 5.74) is 1.21. The van der Waals surface area contributed by atoms with Gasteiger partial charge in [-0.2, -0.15) is 5.10 Å². The number of halogens is 1. The summed E-state index contributed by atoms with van der Waals surface area (Å²) in [6.45, 7) is 1.50. The fraction of sp³-hybridized carbons (Fsp3) is 0.263. The summed E-state index contributed by atoms with van der Waals surface area (Å²) in [5.74, 6) is -0.759. The van der Waals surface area contributed by atoms with Crippen molar-refractivity contribution in [2.24, 2.45) is 0 Å². The molecule has 0 aromatic carbocycles. The molecule has 2 amide bonds. The highest BCUT2D eigenvalue weighted by Crippen LogP contribution is 2.20. The van der Waals surface area contributed by atoms with E-state index in [9.17, 15) is 14.0 Å². The molecule has 3 aromatic heterocycles. The van der Waals surface area contributed by atoms with Crippen LogP contribution in [0.15, 0.2) is 42.9 Å². The van der Waals surface area contributed by atoms with Crippen LogP contribution in [-0.2, 0) is 0 Å². The van der Waals surface area contributed by atoms with Crippen LogP contribution in [0.5, 0.6) is 0 Å². The summed E-state index contributed by atoms with van der Waals surface area (Å²) in [4.78, 5) is 30.7. The lowest BCUT2D eigenvalue weighted by Gasteiger charge is -2.26. The molecule has 138 valence electrons. The monoisotopic (exact) mass is 367 g/mol. The molecule has 4 rings (SSSR count). The summed E-state index contributed by atoms with van der Waals surface area (Å²) in [6.07, 6.45) is 6.99. The minimum atomic E-state index is -0.589. The van der Waals surface area contributed by atoms with E-state index in [0.717, 1.165) is 44.6 Å². The largest absolute Gasteiger partial charge is 0.339 e. The van der Waals surface area contributed by atoms with Crippen molar-refractivity contribution in [1.29, 1.82) is 0 Å². The maximum Gasteiger partial charge on any atom is 0.258 e. The molecule has 0 radical (unpaired) electrons. The zero-order valence-electron chi connectivity index (χ0n) is 14.6. The van der Waals surface area contributed by atoms with Gasteiger partial charge in [-0.25, -0.2) is 8.91 Å². The predicted octanol–water partition coefficient (Wildman–Crippen LogP) is 2.75. The number of nitrogens with one attached hydrogen (secondary N) is 1. The standard InChI is InChI=1S/C19H18FN5O2/c20-14-9-13(10-21-11-14)18(26)23-17-6-4-5-16-15(12-22-25(16)17)19(27)24-7-2-1-3-8-24/h4-6,9-12H,1-3,7-8H2,(H,23,26). The summed E-state index contributed by atoms with van der Waals surface area (Å²) in [7, 11) is 0. The zero-order valence-corrected chi connectivity index (χ0v) is 14.6. The molecule has 0 bridgehead atoms. The van der Waals surface area contributed by atoms with Gasteiger partial charge in [0, 0.05) is 19.3 Å². The highest BCUT2D eigenvalue weighted by molar-refractivity contribution is 6.04. The second kappa shape index (κ2) is 7.14. The van der Waals surface area contributed by atoms with E-state index in [1.165, 1.54) is 16.9 Å². The van der Waals surface area contributed by atoms with Gasteiger partial charge >= 0.3 is 0 Å². The van der Waals surface area contributed by atoms with E-state index < -0.39 is 11.7 Å². The lowest BCUT2D eigenvalue weighted by Crippen LogP contribution is -2.35. The quantitative estimate of drug-likeness (QED) is 0.772. The molecule has 27 heavy (non-hydrogen) atoms. The average molecular weight is 367 g/mol. The molecule has 0 saturated carbocycles. The third-order valence-electron chi connectivity index (χ3n) is 4.63. The molecule has 0 spiro atoms. The molecule has 0 unspecified atom stereocenters. The Kier molecular flexibility index (Phi) is 4.53. The number of anilines is 1. The van der Waals surface area contributed by atoms with E-state index in [2.05, 4.69) is 15.4 Å². The van der Waals surface area contributed by atoms with Crippen molar-refractivity contribution in [3.63, 3.8) is 0 Å². The van der Waals surface area contributed by atoms with Crippen LogP contribution in [0.1, 0.15) is 40.0 Å². The molecule has 3 aromatic rings. The number of rotatable bonds is 3. The summed E-state index contributed by atoms with van der Waals surface area (Å²) >= 11 is 0. The molecule has 4 heterocycles. The first-order valence-electron chi connectivity index (χ1n) is 8.81. The van der Waals surface area contributed by atoms with E-state index in [1.807, 2.05) is 4.90 Å². The first-order chi connectivity index (χ1) is 13.1. The fourth-order valence-corrected chi connectivity index (χ4v) is 3.26. The van der Waals surface area contributed by atoms with Crippen LogP contribution in [-0.4, -0.2) is 44.4 Å². The summed E-state index contributed by atoms with van der Waals surface area (Å²) in [6, 6.07) is 6.30. The molecular formula is C19H18FN5O2. The number of fused-ring (bicyclic) bond motifs is 1. The van der Waals surface area contributed by atoms with Gasteiger partial charge < -0.3 is 10.2 Å². The van der Waals surface area contributed by atoms with Gasteiger partial charge in [0.1, 0.15) is 11.6 Å². The van der Waals surface area contributed by atoms with E-state index in [0.29, 0.717) is 16.9 Å². The van der Waals surface area contributed by atoms with Crippen molar-refractivity contribution < 1.29 is 14.0 Å². The summed E-state index contributed by atoms with van der Waals surface area (Å²) < 4.78 is 14.8. The Balaban J connectivity index is 1.62. The van der Waals surface area contributed by atoms with Crippen molar-refractivity contribution in [2.75, 3.05) is 18.4 Å². The highest BCUT2D eigenvalue weighted by atomic mass is 19.1. The molecule has 1 fully saturated rings. The van der Waals surface area contributed by atoms with E-state index in [-0.39, 0.29) is 11.5 Å². The number of carbonyl (C=O) groups is 2. The van der Waals surface area contributed by atoms with Gasteiger partial charge in [0.2, 0.25) is 0 Å². The van der Waals surface area contributed by atoms with Crippen LogP contribution in [0.3, 0.4) is 0 Å². The van der Waals surface area contributed by atoms with Crippen molar-refractivity contribution in [3.05, 3.63) is 59.8 Å². The third-order valence-corrected chi connectivity index (χ3v) is 4.63. The van der Waals surface area contributed by atoms with Gasteiger partial charge in [-0.3, -0.25) is 14.6 Å². The predicted molar refractivity (Wildman–Crippen MR) is 97.1 cm³/mol. The van der Waals surface area contributed by atoms with Crippen molar-refractivity contribution in [3.8, 4) is 0 Å². The number of pyridine rings is 2. The van der Waals surface area contributed by atoms with Gasteiger partial charge in [0.15, 0.2) is 0 Å². The normalized spacial score (nSPS) is 14.3. The smallest absolute Gasteiger partial charge is 0.258 e. The average Bonchev–Trinajstić information content (AvgIpc) is 3.13. The van der Waals surface area contributed by atoms with Crippen LogP contribution in [0.2, 0.25) is 0 Å². The molecular weight excluding hydrogens is 349 g/mol. The van der Waals surface area contributed by atoms with E-state index in [4.69, 9.17) is 0 Å². The maximum atomic E-state index is 13.3. The second-order valence-electron chi connectivity index (χ2n) is 6.47. The zero-order chi connectivity index (χ0) is 18.8. The van der Waals surface area contributed by atoms with Crippen LogP contribution in [0.4, 0.5) is 10.2 Å². The van der Waals surface area contributed by atoms with Gasteiger partial charge in [0.25, 0.3) is 11.8 Å². The molecule has 7 nitrogen and oxygen atoms in total. The van der Waals surface area contributed by atoms with Crippen LogP contribution in [0, 0.1) is 5.82 Å². The molecule has 1 aliphatic heterocycles. The SMILES string of the molecule is O=C(Nc1cccc2c(C(=O)N3CCCCC3)cnn12)c1cncc(F)c1. The Morgan fingerprint density at radius 1 is 1.07 bits per heavy atom. The number of hydrogen-bond acceptors (Lipinski definition) is 4. The first kappa shape index (κ1) is 17.1. The van der Waals surface area contributed by atoms with Crippen molar-refractivity contribution >= 4 is 23.1 Å². The number of carbonyl (C=O) groups excluding carboxylic acids is 2. The number of piperidine rings is 1. The second-order valence-corrected chi connectivity index (χ2v) is 6.47. The number of hydrogen-bond donors (Lipinski definition) is 1. The Morgan fingerprint density at radius 2 is 1.89 bits per heavy atom. The molecule has 0 atom stereocenters. The fourth-order valence-electron chi connectivity index (χ4n) is 3.26. The van der Waals surface area contributed by atoms with Gasteiger partial charge in [0.05, 0.1) is 29.0 Å². The Morgan fingerprint density at radius 3 is 2.67 bits per heavy atom. The van der Waals surface area contributed by atoms with Crippen LogP contribution in [0.25, 0.3) is 5.52 Å². The molecule has 1 aliphatic rings. The Hall–Kier alpha value is -3.29. The van der Waals surface area contributed by atoms with Gasteiger partial charge in [-0.1, -0.05) is 6.07 Å². The Bertz CT molecular complexity index is 1010. The van der Waals surface area contributed by atoms with Crippen LogP contribution >= 0.6 is 0 Å². The number of likely N-dealkylation sites (tertiary alicyclic amines) is 1. The molecule has 1 N–H and O–H groups in total. The minimum absolute atomic E-state index is 0.0532. The first-order valence-corrected chi connectivity index (χ1v) is 8.81. The van der Waals surface area contributed by atoms with Crippen molar-refractivity contribution in [1.82, 2.24) is 19.5 Å². The lowest BCUT2D eigenvalue weighted by molar-refractivity contribution is 0.0726. The third kappa shape index (κ3) is 3.38. The van der Waals surface area contributed by atoms with Crippen LogP contribution < -0.4 is 5.32 Å². The number of nitrogens with zero attached hydrogens (tertiary/aromatic N) is 4. The van der Waals surface area contributed by atoms with E-state index in [1.54, 1.807) is 18.2 Å². The topological polar surface area (TPSA) is 79.6 Å². The lowest BCUT2D eigenvalue weighted by atomic mass is 10.1. The molecule has 0 aliphatic carbocycles. The van der Waals surface area contributed by atoms with Gasteiger partial charge in [-0.05, 0) is 37.5 Å². The maximum absolute atomic E-state index is 13.3. The molecule has 1 saturated heterocycles. The van der Waals surface area contributed by atoms with E-state index >= 15 is 0 Å². The van der Waals surface area contributed by atoms with Gasteiger partial charge in [-0.15, -0.1) is 0 Å². The highest BCUT2D eigenvalue weighted by Gasteiger charge is 2.22.